The third kappa shape index (κ3) is 3.57. The molecule has 3 rings (SSSR count). The minimum atomic E-state index is -3.51. The zero-order chi connectivity index (χ0) is 17.2. The molecule has 0 spiro atoms. The standard InChI is InChI=1S/C17H21N3O3S/c1-13-5-6-16(14(2)10-13)24(21,22)20-9-3-4-15(11-20)23-17-7-8-18-12-19-17/h5-8,10,12,15H,3-4,9,11H2,1-2H3/t15-/m0/s1. The van der Waals surface area contributed by atoms with Crippen LogP contribution in [0, 0.1) is 13.8 Å². The van der Waals surface area contributed by atoms with Crippen LogP contribution in [0.1, 0.15) is 24.0 Å². The minimum Gasteiger partial charge on any atom is -0.473 e. The first kappa shape index (κ1) is 16.9. The maximum atomic E-state index is 13.0. The van der Waals surface area contributed by atoms with E-state index >= 15 is 0 Å². The van der Waals surface area contributed by atoms with E-state index in [1.54, 1.807) is 18.3 Å². The zero-order valence-corrected chi connectivity index (χ0v) is 14.7. The fraction of sp³-hybridized carbons (Fsp3) is 0.412. The van der Waals surface area contributed by atoms with Crippen LogP contribution in [0.15, 0.2) is 41.7 Å². The molecule has 1 aromatic heterocycles. The number of hydrogen-bond donors (Lipinski definition) is 0. The second kappa shape index (κ2) is 6.86. The Balaban J connectivity index is 1.78. The fourth-order valence-corrected chi connectivity index (χ4v) is 4.68. The molecule has 24 heavy (non-hydrogen) atoms. The highest BCUT2D eigenvalue weighted by Crippen LogP contribution is 2.25. The van der Waals surface area contributed by atoms with Gasteiger partial charge in [-0.2, -0.15) is 4.31 Å². The van der Waals surface area contributed by atoms with Gasteiger partial charge in [0, 0.05) is 18.8 Å². The lowest BCUT2D eigenvalue weighted by molar-refractivity contribution is 0.124. The quantitative estimate of drug-likeness (QED) is 0.849. The Hall–Kier alpha value is -1.99. The maximum absolute atomic E-state index is 13.0. The van der Waals surface area contributed by atoms with Crippen molar-refractivity contribution in [2.24, 2.45) is 0 Å². The van der Waals surface area contributed by atoms with E-state index in [0.29, 0.717) is 23.9 Å². The Morgan fingerprint density at radius 1 is 1.25 bits per heavy atom. The van der Waals surface area contributed by atoms with Gasteiger partial charge in [0.1, 0.15) is 12.4 Å². The number of ether oxygens (including phenoxy) is 1. The monoisotopic (exact) mass is 347 g/mol. The smallest absolute Gasteiger partial charge is 0.243 e. The van der Waals surface area contributed by atoms with Crippen molar-refractivity contribution in [2.45, 2.75) is 37.7 Å². The molecule has 1 aliphatic rings. The summed E-state index contributed by atoms with van der Waals surface area (Å²) in [6.07, 6.45) is 4.40. The van der Waals surface area contributed by atoms with Gasteiger partial charge in [0.2, 0.25) is 15.9 Å². The van der Waals surface area contributed by atoms with E-state index in [-0.39, 0.29) is 6.10 Å². The first-order valence-corrected chi connectivity index (χ1v) is 9.41. The second-order valence-electron chi connectivity index (χ2n) is 6.06. The SMILES string of the molecule is Cc1ccc(S(=O)(=O)N2CCC[C@H](Oc3ccncn3)C2)c(C)c1. The van der Waals surface area contributed by atoms with Gasteiger partial charge in [-0.25, -0.2) is 18.4 Å². The third-order valence-corrected chi connectivity index (χ3v) is 6.16. The summed E-state index contributed by atoms with van der Waals surface area (Å²) >= 11 is 0. The molecule has 0 bridgehead atoms. The highest BCUT2D eigenvalue weighted by Gasteiger charge is 2.32. The van der Waals surface area contributed by atoms with Crippen LogP contribution in [0.25, 0.3) is 0 Å². The number of hydrogen-bond acceptors (Lipinski definition) is 5. The van der Waals surface area contributed by atoms with Crippen molar-refractivity contribution in [1.29, 1.82) is 0 Å². The predicted molar refractivity (Wildman–Crippen MR) is 90.4 cm³/mol. The normalized spacial score (nSPS) is 19.2. The summed E-state index contributed by atoms with van der Waals surface area (Å²) in [5.74, 6) is 0.473. The van der Waals surface area contributed by atoms with Crippen LogP contribution in [0.3, 0.4) is 0 Å². The molecule has 1 atom stereocenters. The van der Waals surface area contributed by atoms with Gasteiger partial charge in [0.25, 0.3) is 0 Å². The predicted octanol–water partition coefficient (Wildman–Crippen LogP) is 2.33. The molecule has 1 aliphatic heterocycles. The molecule has 0 amide bonds. The number of benzene rings is 1. The summed E-state index contributed by atoms with van der Waals surface area (Å²) in [6.45, 7) is 4.63. The Morgan fingerprint density at radius 3 is 2.79 bits per heavy atom. The largest absolute Gasteiger partial charge is 0.473 e. The van der Waals surface area contributed by atoms with Crippen LogP contribution in [0.5, 0.6) is 5.88 Å². The lowest BCUT2D eigenvalue weighted by Crippen LogP contribution is -2.44. The summed E-state index contributed by atoms with van der Waals surface area (Å²) in [5, 5.41) is 0. The van der Waals surface area contributed by atoms with Gasteiger partial charge in [-0.3, -0.25) is 0 Å². The van der Waals surface area contributed by atoms with E-state index in [1.165, 1.54) is 10.6 Å². The number of piperidine rings is 1. The lowest BCUT2D eigenvalue weighted by Gasteiger charge is -2.32. The van der Waals surface area contributed by atoms with Crippen LogP contribution in [-0.4, -0.2) is 41.9 Å². The van der Waals surface area contributed by atoms with E-state index in [9.17, 15) is 8.42 Å². The van der Waals surface area contributed by atoms with Gasteiger partial charge in [-0.15, -0.1) is 0 Å². The van der Waals surface area contributed by atoms with Gasteiger partial charge < -0.3 is 4.74 Å². The topological polar surface area (TPSA) is 72.4 Å². The van der Waals surface area contributed by atoms with Crippen LogP contribution >= 0.6 is 0 Å². The fourth-order valence-electron chi connectivity index (χ4n) is 2.97. The van der Waals surface area contributed by atoms with Crippen LogP contribution < -0.4 is 4.74 Å². The molecule has 0 aliphatic carbocycles. The maximum Gasteiger partial charge on any atom is 0.243 e. The Morgan fingerprint density at radius 2 is 2.08 bits per heavy atom. The summed E-state index contributed by atoms with van der Waals surface area (Å²) in [7, 11) is -3.51. The minimum absolute atomic E-state index is 0.200. The highest BCUT2D eigenvalue weighted by molar-refractivity contribution is 7.89. The van der Waals surface area contributed by atoms with Gasteiger partial charge in [-0.1, -0.05) is 17.7 Å². The molecule has 1 fully saturated rings. The molecular formula is C17H21N3O3S. The highest BCUT2D eigenvalue weighted by atomic mass is 32.2. The van der Waals surface area contributed by atoms with E-state index in [0.717, 1.165) is 24.0 Å². The molecule has 0 saturated carbocycles. The van der Waals surface area contributed by atoms with E-state index in [4.69, 9.17) is 4.74 Å². The van der Waals surface area contributed by atoms with E-state index in [2.05, 4.69) is 9.97 Å². The average molecular weight is 347 g/mol. The lowest BCUT2D eigenvalue weighted by atomic mass is 10.1. The van der Waals surface area contributed by atoms with E-state index < -0.39 is 10.0 Å². The molecule has 6 nitrogen and oxygen atoms in total. The van der Waals surface area contributed by atoms with Crippen molar-refractivity contribution in [1.82, 2.24) is 14.3 Å². The number of aryl methyl sites for hydroxylation is 2. The van der Waals surface area contributed by atoms with Crippen LogP contribution in [-0.2, 0) is 10.0 Å². The van der Waals surface area contributed by atoms with Crippen molar-refractivity contribution in [3.8, 4) is 5.88 Å². The Labute approximate surface area is 142 Å². The molecule has 0 N–H and O–H groups in total. The molecule has 7 heteroatoms. The Kier molecular flexibility index (Phi) is 4.82. The summed E-state index contributed by atoms with van der Waals surface area (Å²) in [6, 6.07) is 7.09. The van der Waals surface area contributed by atoms with Crippen molar-refractivity contribution in [3.05, 3.63) is 47.9 Å². The van der Waals surface area contributed by atoms with Crippen molar-refractivity contribution in [2.75, 3.05) is 13.1 Å². The summed E-state index contributed by atoms with van der Waals surface area (Å²) in [5.41, 5.74) is 1.82. The van der Waals surface area contributed by atoms with Gasteiger partial charge in [-0.05, 0) is 38.3 Å². The molecule has 2 aromatic rings. The zero-order valence-electron chi connectivity index (χ0n) is 13.8. The van der Waals surface area contributed by atoms with Crippen LogP contribution in [0.2, 0.25) is 0 Å². The third-order valence-electron chi connectivity index (χ3n) is 4.13. The molecule has 1 aromatic carbocycles. The molecule has 1 saturated heterocycles. The number of sulfonamides is 1. The number of aromatic nitrogens is 2. The number of nitrogens with zero attached hydrogens (tertiary/aromatic N) is 3. The van der Waals surface area contributed by atoms with Gasteiger partial charge in [0.15, 0.2) is 0 Å². The summed E-state index contributed by atoms with van der Waals surface area (Å²) in [4.78, 5) is 8.26. The first-order chi connectivity index (χ1) is 11.5. The Bertz CT molecular complexity index is 809. The first-order valence-electron chi connectivity index (χ1n) is 7.97. The number of rotatable bonds is 4. The van der Waals surface area contributed by atoms with Gasteiger partial charge >= 0.3 is 0 Å². The average Bonchev–Trinajstić information content (AvgIpc) is 2.56. The second-order valence-corrected chi connectivity index (χ2v) is 7.97. The summed E-state index contributed by atoms with van der Waals surface area (Å²) < 4.78 is 33.2. The van der Waals surface area contributed by atoms with Crippen molar-refractivity contribution in [3.63, 3.8) is 0 Å². The van der Waals surface area contributed by atoms with Gasteiger partial charge in [0.05, 0.1) is 11.4 Å². The van der Waals surface area contributed by atoms with E-state index in [1.807, 2.05) is 26.0 Å². The van der Waals surface area contributed by atoms with Crippen LogP contribution in [0.4, 0.5) is 0 Å². The molecule has 0 unspecified atom stereocenters. The van der Waals surface area contributed by atoms with Crippen molar-refractivity contribution < 1.29 is 13.2 Å². The van der Waals surface area contributed by atoms with Crippen molar-refractivity contribution >= 4 is 10.0 Å². The molecule has 2 heterocycles. The molecule has 128 valence electrons. The molecular weight excluding hydrogens is 326 g/mol. The molecule has 0 radical (unpaired) electrons.